The van der Waals surface area contributed by atoms with Crippen LogP contribution in [0.1, 0.15) is 18.4 Å². The molecule has 1 aromatic heterocycles. The van der Waals surface area contributed by atoms with E-state index in [9.17, 15) is 9.59 Å². The normalized spacial score (nSPS) is 17.2. The Kier molecular flexibility index (Phi) is 5.34. The van der Waals surface area contributed by atoms with E-state index in [0.717, 1.165) is 30.4 Å². The van der Waals surface area contributed by atoms with Gasteiger partial charge in [0.05, 0.1) is 6.10 Å². The standard InChI is InChI=1S/C19H20N4O3/c20-9-13(19(21)25)8-14-11-23(17-6-2-1-5-16(14)17)12-18(24)22-10-15-4-3-7-26-15/h1-2,5-6,8,11,15H,3-4,7,10,12H2,(H2,21,25)(H,22,24)/b13-8+. The van der Waals surface area contributed by atoms with Crippen molar-refractivity contribution in [1.82, 2.24) is 9.88 Å². The summed E-state index contributed by atoms with van der Waals surface area (Å²) >= 11 is 0. The fourth-order valence-corrected chi connectivity index (χ4v) is 3.08. The quantitative estimate of drug-likeness (QED) is 0.603. The number of nitrogens with one attached hydrogen (secondary N) is 1. The van der Waals surface area contributed by atoms with Gasteiger partial charge in [0.25, 0.3) is 5.91 Å². The van der Waals surface area contributed by atoms with Gasteiger partial charge in [0.1, 0.15) is 18.2 Å². The first-order valence-corrected chi connectivity index (χ1v) is 8.46. The molecule has 0 aliphatic carbocycles. The molecule has 26 heavy (non-hydrogen) atoms. The number of hydrogen-bond acceptors (Lipinski definition) is 4. The van der Waals surface area contributed by atoms with Gasteiger partial charge in [0.15, 0.2) is 0 Å². The van der Waals surface area contributed by atoms with Crippen LogP contribution in [0.25, 0.3) is 17.0 Å². The molecule has 134 valence electrons. The van der Waals surface area contributed by atoms with Gasteiger partial charge in [0.2, 0.25) is 5.91 Å². The van der Waals surface area contributed by atoms with Crippen LogP contribution in [0.5, 0.6) is 0 Å². The Bertz CT molecular complexity index is 901. The van der Waals surface area contributed by atoms with Crippen LogP contribution in [-0.4, -0.2) is 35.6 Å². The lowest BCUT2D eigenvalue weighted by Gasteiger charge is -2.11. The van der Waals surface area contributed by atoms with E-state index in [0.29, 0.717) is 12.1 Å². The number of hydrogen-bond donors (Lipinski definition) is 2. The zero-order chi connectivity index (χ0) is 18.5. The predicted octanol–water partition coefficient (Wildman–Crippen LogP) is 1.33. The first-order valence-electron chi connectivity index (χ1n) is 8.46. The number of para-hydroxylation sites is 1. The lowest BCUT2D eigenvalue weighted by molar-refractivity contribution is -0.122. The minimum Gasteiger partial charge on any atom is -0.376 e. The highest BCUT2D eigenvalue weighted by atomic mass is 16.5. The Labute approximate surface area is 151 Å². The Morgan fingerprint density at radius 2 is 2.23 bits per heavy atom. The molecule has 0 radical (unpaired) electrons. The third kappa shape index (κ3) is 3.92. The molecule has 2 amide bonds. The third-order valence-corrected chi connectivity index (χ3v) is 4.37. The summed E-state index contributed by atoms with van der Waals surface area (Å²) in [5, 5.41) is 12.8. The average molecular weight is 352 g/mol. The lowest BCUT2D eigenvalue weighted by atomic mass is 10.1. The van der Waals surface area contributed by atoms with Gasteiger partial charge in [-0.15, -0.1) is 0 Å². The molecule has 1 aromatic carbocycles. The molecule has 0 spiro atoms. The van der Waals surface area contributed by atoms with Crippen LogP contribution >= 0.6 is 0 Å². The summed E-state index contributed by atoms with van der Waals surface area (Å²) in [5.74, 6) is -0.897. The molecule has 1 unspecified atom stereocenters. The number of ether oxygens (including phenoxy) is 1. The molecule has 1 aliphatic rings. The smallest absolute Gasteiger partial charge is 0.259 e. The monoisotopic (exact) mass is 352 g/mol. The number of nitrogens with two attached hydrogens (primary N) is 1. The lowest BCUT2D eigenvalue weighted by Crippen LogP contribution is -2.34. The van der Waals surface area contributed by atoms with Crippen LogP contribution in [0, 0.1) is 11.3 Å². The highest BCUT2D eigenvalue weighted by molar-refractivity contribution is 6.03. The number of rotatable bonds is 6. The first-order chi connectivity index (χ1) is 12.6. The average Bonchev–Trinajstić information content (AvgIpc) is 3.26. The van der Waals surface area contributed by atoms with E-state index in [4.69, 9.17) is 15.7 Å². The molecule has 0 bridgehead atoms. The van der Waals surface area contributed by atoms with E-state index < -0.39 is 5.91 Å². The molecule has 0 saturated carbocycles. The number of carbonyl (C=O) groups excluding carboxylic acids is 2. The van der Waals surface area contributed by atoms with Crippen molar-refractivity contribution in [2.24, 2.45) is 5.73 Å². The van der Waals surface area contributed by atoms with Crippen molar-refractivity contribution in [3.05, 3.63) is 41.6 Å². The number of nitriles is 1. The molecule has 2 aromatic rings. The Morgan fingerprint density at radius 3 is 2.92 bits per heavy atom. The van der Waals surface area contributed by atoms with Gasteiger partial charge < -0.3 is 20.4 Å². The van der Waals surface area contributed by atoms with Crippen molar-refractivity contribution in [2.45, 2.75) is 25.5 Å². The molecule has 1 saturated heterocycles. The molecule has 1 aliphatic heterocycles. The van der Waals surface area contributed by atoms with Gasteiger partial charge >= 0.3 is 0 Å². The van der Waals surface area contributed by atoms with Crippen molar-refractivity contribution in [1.29, 1.82) is 5.26 Å². The summed E-state index contributed by atoms with van der Waals surface area (Å²) in [6, 6.07) is 9.29. The van der Waals surface area contributed by atoms with E-state index in [1.807, 2.05) is 24.3 Å². The molecule has 1 fully saturated rings. The van der Waals surface area contributed by atoms with Crippen LogP contribution in [0.4, 0.5) is 0 Å². The van der Waals surface area contributed by atoms with Crippen LogP contribution in [0.2, 0.25) is 0 Å². The molecule has 2 heterocycles. The second-order valence-electron chi connectivity index (χ2n) is 6.20. The second-order valence-corrected chi connectivity index (χ2v) is 6.20. The number of nitrogens with zero attached hydrogens (tertiary/aromatic N) is 2. The van der Waals surface area contributed by atoms with Gasteiger partial charge in [-0.2, -0.15) is 5.26 Å². The Balaban J connectivity index is 1.81. The van der Waals surface area contributed by atoms with Gasteiger partial charge in [-0.1, -0.05) is 18.2 Å². The number of aromatic nitrogens is 1. The van der Waals surface area contributed by atoms with Crippen molar-refractivity contribution in [3.8, 4) is 6.07 Å². The van der Waals surface area contributed by atoms with Crippen LogP contribution in [0.15, 0.2) is 36.0 Å². The van der Waals surface area contributed by atoms with Crippen molar-refractivity contribution < 1.29 is 14.3 Å². The molecular formula is C19H20N4O3. The Hall–Kier alpha value is -3.11. The number of carbonyl (C=O) groups is 2. The molecule has 1 atom stereocenters. The van der Waals surface area contributed by atoms with E-state index in [1.54, 1.807) is 16.8 Å². The minimum atomic E-state index is -0.779. The number of amides is 2. The van der Waals surface area contributed by atoms with Gasteiger partial charge in [-0.3, -0.25) is 9.59 Å². The van der Waals surface area contributed by atoms with E-state index in [-0.39, 0.29) is 24.1 Å². The van der Waals surface area contributed by atoms with Gasteiger partial charge in [0, 0.05) is 35.8 Å². The van der Waals surface area contributed by atoms with Gasteiger partial charge in [-0.25, -0.2) is 0 Å². The van der Waals surface area contributed by atoms with E-state index in [1.165, 1.54) is 6.08 Å². The van der Waals surface area contributed by atoms with Crippen molar-refractivity contribution in [3.63, 3.8) is 0 Å². The number of primary amides is 1. The number of fused-ring (bicyclic) bond motifs is 1. The maximum absolute atomic E-state index is 12.3. The zero-order valence-electron chi connectivity index (χ0n) is 14.3. The largest absolute Gasteiger partial charge is 0.376 e. The van der Waals surface area contributed by atoms with E-state index >= 15 is 0 Å². The molecule has 3 N–H and O–H groups in total. The van der Waals surface area contributed by atoms with Gasteiger partial charge in [-0.05, 0) is 25.0 Å². The minimum absolute atomic E-state index is 0.0904. The Morgan fingerprint density at radius 1 is 1.42 bits per heavy atom. The van der Waals surface area contributed by atoms with Crippen LogP contribution in [0.3, 0.4) is 0 Å². The molecule has 3 rings (SSSR count). The summed E-state index contributed by atoms with van der Waals surface area (Å²) in [4.78, 5) is 23.6. The van der Waals surface area contributed by atoms with Crippen LogP contribution in [-0.2, 0) is 20.9 Å². The fraction of sp³-hybridized carbons (Fsp3) is 0.316. The highest BCUT2D eigenvalue weighted by Gasteiger charge is 2.17. The highest BCUT2D eigenvalue weighted by Crippen LogP contribution is 2.23. The molecule has 7 nitrogen and oxygen atoms in total. The van der Waals surface area contributed by atoms with Crippen molar-refractivity contribution >= 4 is 28.8 Å². The summed E-state index contributed by atoms with van der Waals surface area (Å²) in [6.07, 6.45) is 5.28. The maximum atomic E-state index is 12.3. The summed E-state index contributed by atoms with van der Waals surface area (Å²) in [5.41, 5.74) is 6.59. The molecule has 7 heteroatoms. The summed E-state index contributed by atoms with van der Waals surface area (Å²) in [6.45, 7) is 1.39. The summed E-state index contributed by atoms with van der Waals surface area (Å²) < 4.78 is 7.30. The fourth-order valence-electron chi connectivity index (χ4n) is 3.08. The second kappa shape index (κ2) is 7.85. The SMILES string of the molecule is N#C/C(=C\c1cn(CC(=O)NCC2CCCO2)c2ccccc12)C(N)=O. The molecular weight excluding hydrogens is 332 g/mol. The maximum Gasteiger partial charge on any atom is 0.259 e. The summed E-state index contributed by atoms with van der Waals surface area (Å²) in [7, 11) is 0. The topological polar surface area (TPSA) is 110 Å². The van der Waals surface area contributed by atoms with E-state index in [2.05, 4.69) is 5.32 Å². The number of benzene rings is 1. The van der Waals surface area contributed by atoms with Crippen LogP contribution < -0.4 is 11.1 Å². The zero-order valence-corrected chi connectivity index (χ0v) is 14.3. The van der Waals surface area contributed by atoms with Crippen molar-refractivity contribution in [2.75, 3.05) is 13.2 Å². The third-order valence-electron chi connectivity index (χ3n) is 4.37. The predicted molar refractivity (Wildman–Crippen MR) is 96.7 cm³/mol. The first kappa shape index (κ1) is 17.7.